The summed E-state index contributed by atoms with van der Waals surface area (Å²) in [4.78, 5) is 27.1. The molecule has 7 heteroatoms. The maximum atomic E-state index is 12.6. The third-order valence-corrected chi connectivity index (χ3v) is 5.89. The van der Waals surface area contributed by atoms with E-state index in [9.17, 15) is 9.59 Å². The van der Waals surface area contributed by atoms with Gasteiger partial charge in [-0.1, -0.05) is 23.8 Å². The van der Waals surface area contributed by atoms with Crippen LogP contribution in [0.15, 0.2) is 36.4 Å². The van der Waals surface area contributed by atoms with Gasteiger partial charge in [-0.05, 0) is 69.1 Å². The van der Waals surface area contributed by atoms with Crippen molar-refractivity contribution in [2.45, 2.75) is 33.2 Å². The molecule has 0 radical (unpaired) electrons. The van der Waals surface area contributed by atoms with Crippen LogP contribution in [0.5, 0.6) is 11.5 Å². The average molecular weight is 424 g/mol. The van der Waals surface area contributed by atoms with Crippen molar-refractivity contribution in [2.75, 3.05) is 31.7 Å². The lowest BCUT2D eigenvalue weighted by Crippen LogP contribution is -2.43. The van der Waals surface area contributed by atoms with Crippen molar-refractivity contribution in [1.82, 2.24) is 10.2 Å². The molecule has 164 valence electrons. The number of hydrogen-bond acceptors (Lipinski definition) is 5. The van der Waals surface area contributed by atoms with E-state index in [0.29, 0.717) is 13.1 Å². The van der Waals surface area contributed by atoms with Crippen molar-refractivity contribution in [1.29, 1.82) is 0 Å². The Morgan fingerprint density at radius 2 is 1.81 bits per heavy atom. The van der Waals surface area contributed by atoms with Gasteiger partial charge in [0, 0.05) is 18.2 Å². The highest BCUT2D eigenvalue weighted by Gasteiger charge is 2.26. The first-order chi connectivity index (χ1) is 15.0. The third kappa shape index (κ3) is 5.35. The minimum Gasteiger partial charge on any atom is -0.454 e. The van der Waals surface area contributed by atoms with E-state index in [-0.39, 0.29) is 24.5 Å². The van der Waals surface area contributed by atoms with Gasteiger partial charge >= 0.3 is 0 Å². The van der Waals surface area contributed by atoms with Crippen LogP contribution in [0.2, 0.25) is 0 Å². The zero-order chi connectivity index (χ0) is 21.8. The normalized spacial score (nSPS) is 16.2. The number of piperidine rings is 1. The van der Waals surface area contributed by atoms with Crippen LogP contribution in [-0.4, -0.2) is 43.1 Å². The van der Waals surface area contributed by atoms with Gasteiger partial charge in [-0.3, -0.25) is 14.5 Å². The van der Waals surface area contributed by atoms with Gasteiger partial charge in [-0.2, -0.15) is 0 Å². The molecule has 4 rings (SSSR count). The largest absolute Gasteiger partial charge is 0.454 e. The average Bonchev–Trinajstić information content (AvgIpc) is 3.22. The van der Waals surface area contributed by atoms with Crippen LogP contribution in [0.3, 0.4) is 0 Å². The third-order valence-electron chi connectivity index (χ3n) is 5.89. The van der Waals surface area contributed by atoms with E-state index in [2.05, 4.69) is 21.6 Å². The predicted octanol–water partition coefficient (Wildman–Crippen LogP) is 3.00. The molecule has 1 saturated heterocycles. The van der Waals surface area contributed by atoms with Crippen LogP contribution in [-0.2, 0) is 16.1 Å². The van der Waals surface area contributed by atoms with E-state index in [1.807, 2.05) is 44.2 Å². The first-order valence-electron chi connectivity index (χ1n) is 10.7. The summed E-state index contributed by atoms with van der Waals surface area (Å²) >= 11 is 0. The zero-order valence-corrected chi connectivity index (χ0v) is 18.1. The number of fused-ring (bicyclic) bond motifs is 1. The summed E-state index contributed by atoms with van der Waals surface area (Å²) in [5, 5.41) is 6.02. The first kappa shape index (κ1) is 21.2. The predicted molar refractivity (Wildman–Crippen MR) is 118 cm³/mol. The fraction of sp³-hybridized carbons (Fsp3) is 0.417. The molecule has 0 spiro atoms. The van der Waals surface area contributed by atoms with E-state index in [1.54, 1.807) is 0 Å². The number of benzene rings is 2. The molecule has 2 aliphatic rings. The lowest BCUT2D eigenvalue weighted by molar-refractivity contribution is -0.126. The number of aryl methyl sites for hydroxylation is 2. The van der Waals surface area contributed by atoms with E-state index in [4.69, 9.17) is 9.47 Å². The Labute approximate surface area is 182 Å². The fourth-order valence-corrected chi connectivity index (χ4v) is 4.08. The first-order valence-corrected chi connectivity index (χ1v) is 10.7. The topological polar surface area (TPSA) is 79.9 Å². The summed E-state index contributed by atoms with van der Waals surface area (Å²) in [6.45, 7) is 6.56. The molecule has 0 aliphatic carbocycles. The maximum absolute atomic E-state index is 12.6. The van der Waals surface area contributed by atoms with Gasteiger partial charge in [-0.15, -0.1) is 0 Å². The Hall–Kier alpha value is -3.06. The number of rotatable bonds is 6. The van der Waals surface area contributed by atoms with Crippen molar-refractivity contribution >= 4 is 17.5 Å². The van der Waals surface area contributed by atoms with E-state index in [1.165, 1.54) is 5.56 Å². The molecule has 0 unspecified atom stereocenters. The number of anilines is 1. The van der Waals surface area contributed by atoms with Gasteiger partial charge < -0.3 is 20.1 Å². The van der Waals surface area contributed by atoms with Crippen LogP contribution >= 0.6 is 0 Å². The Balaban J connectivity index is 1.20. The Bertz CT molecular complexity index is 967. The Kier molecular flexibility index (Phi) is 6.42. The summed E-state index contributed by atoms with van der Waals surface area (Å²) in [6, 6.07) is 11.7. The highest BCUT2D eigenvalue weighted by atomic mass is 16.7. The van der Waals surface area contributed by atoms with Crippen molar-refractivity contribution in [3.05, 3.63) is 53.1 Å². The second-order valence-electron chi connectivity index (χ2n) is 8.32. The number of ether oxygens (including phenoxy) is 2. The molecule has 2 aromatic carbocycles. The standard InChI is InChI=1S/C24H29N3O4/c1-16-3-5-20(17(2)11-16)26-23(28)14-27-9-7-19(8-10-27)24(29)25-13-18-4-6-21-22(12-18)31-15-30-21/h3-6,11-12,19H,7-10,13-15H2,1-2H3,(H,25,29)(H,26,28). The van der Waals surface area contributed by atoms with Gasteiger partial charge in [0.15, 0.2) is 11.5 Å². The highest BCUT2D eigenvalue weighted by molar-refractivity contribution is 5.93. The smallest absolute Gasteiger partial charge is 0.238 e. The van der Waals surface area contributed by atoms with Crippen LogP contribution in [0.1, 0.15) is 29.5 Å². The number of amides is 2. The van der Waals surface area contributed by atoms with Crippen molar-refractivity contribution in [3.8, 4) is 11.5 Å². The molecule has 0 aromatic heterocycles. The molecule has 2 heterocycles. The molecule has 31 heavy (non-hydrogen) atoms. The van der Waals surface area contributed by atoms with Crippen molar-refractivity contribution in [3.63, 3.8) is 0 Å². The lowest BCUT2D eigenvalue weighted by Gasteiger charge is -2.30. The van der Waals surface area contributed by atoms with Crippen molar-refractivity contribution < 1.29 is 19.1 Å². The number of nitrogens with one attached hydrogen (secondary N) is 2. The Morgan fingerprint density at radius 3 is 2.58 bits per heavy atom. The molecule has 2 amide bonds. The molecule has 2 aliphatic heterocycles. The van der Waals surface area contributed by atoms with E-state index < -0.39 is 0 Å². The molecule has 0 bridgehead atoms. The van der Waals surface area contributed by atoms with Gasteiger partial charge in [-0.25, -0.2) is 0 Å². The van der Waals surface area contributed by atoms with Crippen LogP contribution in [0.4, 0.5) is 5.69 Å². The van der Waals surface area contributed by atoms with Crippen molar-refractivity contribution in [2.24, 2.45) is 5.92 Å². The van der Waals surface area contributed by atoms with Gasteiger partial charge in [0.1, 0.15) is 0 Å². The molecule has 2 N–H and O–H groups in total. The quantitative estimate of drug-likeness (QED) is 0.747. The minimum atomic E-state index is -0.0207. The molecule has 7 nitrogen and oxygen atoms in total. The molecular formula is C24H29N3O4. The summed E-state index contributed by atoms with van der Waals surface area (Å²) in [5.41, 5.74) is 4.08. The van der Waals surface area contributed by atoms with Crippen LogP contribution in [0.25, 0.3) is 0 Å². The van der Waals surface area contributed by atoms with Crippen LogP contribution in [0, 0.1) is 19.8 Å². The molecular weight excluding hydrogens is 394 g/mol. The minimum absolute atomic E-state index is 0.0161. The second-order valence-corrected chi connectivity index (χ2v) is 8.32. The molecule has 1 fully saturated rings. The van der Waals surface area contributed by atoms with E-state index >= 15 is 0 Å². The number of likely N-dealkylation sites (tertiary alicyclic amines) is 1. The number of nitrogens with zero attached hydrogens (tertiary/aromatic N) is 1. The molecule has 0 saturated carbocycles. The van der Waals surface area contributed by atoms with E-state index in [0.717, 1.165) is 54.2 Å². The highest BCUT2D eigenvalue weighted by Crippen LogP contribution is 2.32. The second kappa shape index (κ2) is 9.39. The number of carbonyl (C=O) groups excluding carboxylic acids is 2. The zero-order valence-electron chi connectivity index (χ0n) is 18.1. The summed E-state index contributed by atoms with van der Waals surface area (Å²) in [6.07, 6.45) is 1.51. The SMILES string of the molecule is Cc1ccc(NC(=O)CN2CCC(C(=O)NCc3ccc4c(c3)OCO4)CC2)c(C)c1. The number of carbonyl (C=O) groups is 2. The number of hydrogen-bond donors (Lipinski definition) is 2. The summed E-state index contributed by atoms with van der Waals surface area (Å²) < 4.78 is 10.7. The van der Waals surface area contributed by atoms with Gasteiger partial charge in [0.05, 0.1) is 6.54 Å². The maximum Gasteiger partial charge on any atom is 0.238 e. The monoisotopic (exact) mass is 423 g/mol. The van der Waals surface area contributed by atoms with Crippen LogP contribution < -0.4 is 20.1 Å². The summed E-state index contributed by atoms with van der Waals surface area (Å²) in [7, 11) is 0. The molecule has 0 atom stereocenters. The van der Waals surface area contributed by atoms with Gasteiger partial charge in [0.2, 0.25) is 18.6 Å². The van der Waals surface area contributed by atoms with Gasteiger partial charge in [0.25, 0.3) is 0 Å². The fourth-order valence-electron chi connectivity index (χ4n) is 4.08. The molecule has 2 aromatic rings. The lowest BCUT2D eigenvalue weighted by atomic mass is 9.96. The Morgan fingerprint density at radius 1 is 1.03 bits per heavy atom. The summed E-state index contributed by atoms with van der Waals surface area (Å²) in [5.74, 6) is 1.49.